The molecule has 0 spiro atoms. The van der Waals surface area contributed by atoms with E-state index in [1.807, 2.05) is 32.0 Å². The molecule has 0 saturated heterocycles. The summed E-state index contributed by atoms with van der Waals surface area (Å²) < 4.78 is 0. The highest BCUT2D eigenvalue weighted by Gasteiger charge is 2.18. The number of rotatable bonds is 3. The van der Waals surface area contributed by atoms with Crippen LogP contribution in [0.5, 0.6) is 0 Å². The maximum atomic E-state index is 11.8. The van der Waals surface area contributed by atoms with Crippen molar-refractivity contribution in [3.8, 4) is 0 Å². The Morgan fingerprint density at radius 1 is 1.33 bits per heavy atom. The second-order valence-electron chi connectivity index (χ2n) is 4.36. The van der Waals surface area contributed by atoms with Gasteiger partial charge in [-0.2, -0.15) is 0 Å². The van der Waals surface area contributed by atoms with Gasteiger partial charge in [0.05, 0.1) is 0 Å². The molecule has 98 valence electrons. The molecule has 0 aliphatic carbocycles. The minimum absolute atomic E-state index is 0.433. The fourth-order valence-electron chi connectivity index (χ4n) is 1.63. The lowest BCUT2D eigenvalue weighted by Gasteiger charge is -2.21. The molecule has 0 aromatic heterocycles. The summed E-state index contributed by atoms with van der Waals surface area (Å²) in [7, 11) is 1.61. The first-order valence-corrected chi connectivity index (χ1v) is 5.67. The zero-order chi connectivity index (χ0) is 13.9. The van der Waals surface area contributed by atoms with Crippen LogP contribution in [0.2, 0.25) is 0 Å². The van der Waals surface area contributed by atoms with E-state index in [0.717, 1.165) is 16.8 Å². The number of carboxylic acid groups (broad SMARTS) is 1. The van der Waals surface area contributed by atoms with E-state index < -0.39 is 18.0 Å². The average molecular weight is 250 g/mol. The molecule has 0 bridgehead atoms. The van der Waals surface area contributed by atoms with E-state index in [-0.39, 0.29) is 0 Å². The van der Waals surface area contributed by atoms with Gasteiger partial charge >= 0.3 is 12.0 Å². The maximum absolute atomic E-state index is 11.8. The number of anilines is 1. The molecule has 5 heteroatoms. The molecular formula is C13H18N2O3. The zero-order valence-electron chi connectivity index (χ0n) is 11.0. The van der Waals surface area contributed by atoms with Gasteiger partial charge in [0.15, 0.2) is 0 Å². The number of carboxylic acids is 1. The lowest BCUT2D eigenvalue weighted by Crippen LogP contribution is -2.45. The Morgan fingerprint density at radius 3 is 2.44 bits per heavy atom. The van der Waals surface area contributed by atoms with Crippen LogP contribution >= 0.6 is 0 Å². The van der Waals surface area contributed by atoms with Crippen molar-refractivity contribution in [3.63, 3.8) is 0 Å². The molecule has 0 fully saturated rings. The topological polar surface area (TPSA) is 69.6 Å². The second-order valence-corrected chi connectivity index (χ2v) is 4.36. The first-order valence-electron chi connectivity index (χ1n) is 5.67. The molecule has 2 N–H and O–H groups in total. The number of hydrogen-bond donors (Lipinski definition) is 2. The van der Waals surface area contributed by atoms with Gasteiger partial charge in [0, 0.05) is 12.7 Å². The van der Waals surface area contributed by atoms with E-state index in [9.17, 15) is 9.59 Å². The normalized spacial score (nSPS) is 11.8. The first-order chi connectivity index (χ1) is 8.32. The minimum atomic E-state index is -1.06. The lowest BCUT2D eigenvalue weighted by atomic mass is 10.1. The van der Waals surface area contributed by atoms with Crippen LogP contribution in [0, 0.1) is 13.8 Å². The molecule has 1 atom stereocenters. The van der Waals surface area contributed by atoms with Gasteiger partial charge in [0.2, 0.25) is 0 Å². The Hall–Kier alpha value is -2.04. The molecule has 0 aliphatic rings. The third kappa shape index (κ3) is 3.23. The van der Waals surface area contributed by atoms with Gasteiger partial charge in [-0.3, -0.25) is 9.69 Å². The van der Waals surface area contributed by atoms with Crippen LogP contribution in [0.25, 0.3) is 0 Å². The lowest BCUT2D eigenvalue weighted by molar-refractivity contribution is -0.138. The Labute approximate surface area is 106 Å². The van der Waals surface area contributed by atoms with E-state index >= 15 is 0 Å². The van der Waals surface area contributed by atoms with Crippen LogP contribution in [0.1, 0.15) is 18.1 Å². The minimum Gasteiger partial charge on any atom is -0.480 e. The highest BCUT2D eigenvalue weighted by Crippen LogP contribution is 2.19. The third-order valence-electron chi connectivity index (χ3n) is 2.73. The largest absolute Gasteiger partial charge is 0.480 e. The van der Waals surface area contributed by atoms with Gasteiger partial charge in [-0.05, 0) is 32.4 Å². The molecule has 1 aromatic rings. The number of amides is 2. The van der Waals surface area contributed by atoms with Crippen LogP contribution in [-0.2, 0) is 4.79 Å². The van der Waals surface area contributed by atoms with Crippen LogP contribution in [-0.4, -0.2) is 30.2 Å². The summed E-state index contributed by atoms with van der Waals surface area (Å²) in [5.41, 5.74) is 2.84. The Kier molecular flexibility index (Phi) is 4.31. The molecular weight excluding hydrogens is 232 g/mol. The van der Waals surface area contributed by atoms with E-state index in [2.05, 4.69) is 5.32 Å². The van der Waals surface area contributed by atoms with Gasteiger partial charge in [-0.15, -0.1) is 0 Å². The Bertz CT molecular complexity index is 471. The van der Waals surface area contributed by atoms with Crippen molar-refractivity contribution in [1.82, 2.24) is 5.32 Å². The molecule has 1 aromatic carbocycles. The number of carbonyl (C=O) groups excluding carboxylic acids is 1. The molecule has 18 heavy (non-hydrogen) atoms. The van der Waals surface area contributed by atoms with Crippen molar-refractivity contribution >= 4 is 17.7 Å². The number of carbonyl (C=O) groups is 2. The number of nitrogens with zero attached hydrogens (tertiary/aromatic N) is 1. The van der Waals surface area contributed by atoms with Crippen LogP contribution in [0.3, 0.4) is 0 Å². The summed E-state index contributed by atoms with van der Waals surface area (Å²) in [6.07, 6.45) is 0. The standard InChI is InChI=1S/C13H18N2O3/c1-8-5-6-11(9(2)7-8)15(4)13(18)14-10(3)12(16)17/h5-7,10H,1-4H3,(H,14,18)(H,16,17). The number of hydrogen-bond acceptors (Lipinski definition) is 2. The predicted octanol–water partition coefficient (Wildman–Crippen LogP) is 1.92. The highest BCUT2D eigenvalue weighted by molar-refractivity contribution is 5.94. The maximum Gasteiger partial charge on any atom is 0.325 e. The third-order valence-corrected chi connectivity index (χ3v) is 2.73. The SMILES string of the molecule is Cc1ccc(N(C)C(=O)NC(C)C(=O)O)c(C)c1. The second kappa shape index (κ2) is 5.53. The fraction of sp³-hybridized carbons (Fsp3) is 0.385. The van der Waals surface area contributed by atoms with Crippen molar-refractivity contribution in [2.75, 3.05) is 11.9 Å². The van der Waals surface area contributed by atoms with E-state index in [1.54, 1.807) is 7.05 Å². The highest BCUT2D eigenvalue weighted by atomic mass is 16.4. The predicted molar refractivity (Wildman–Crippen MR) is 69.9 cm³/mol. The van der Waals surface area contributed by atoms with Crippen LogP contribution < -0.4 is 10.2 Å². The average Bonchev–Trinajstić information content (AvgIpc) is 2.27. The van der Waals surface area contributed by atoms with E-state index in [0.29, 0.717) is 0 Å². The summed E-state index contributed by atoms with van der Waals surface area (Å²) in [5.74, 6) is -1.06. The molecule has 1 rings (SSSR count). The molecule has 5 nitrogen and oxygen atoms in total. The summed E-state index contributed by atoms with van der Waals surface area (Å²) in [6.45, 7) is 5.31. The van der Waals surface area contributed by atoms with Gasteiger partial charge < -0.3 is 10.4 Å². The van der Waals surface area contributed by atoms with Crippen molar-refractivity contribution in [1.29, 1.82) is 0 Å². The Balaban J connectivity index is 2.83. The van der Waals surface area contributed by atoms with Crippen molar-refractivity contribution < 1.29 is 14.7 Å². The monoisotopic (exact) mass is 250 g/mol. The molecule has 1 unspecified atom stereocenters. The van der Waals surface area contributed by atoms with Crippen LogP contribution in [0.15, 0.2) is 18.2 Å². The number of benzene rings is 1. The molecule has 2 amide bonds. The Morgan fingerprint density at radius 2 is 1.94 bits per heavy atom. The molecule has 0 saturated carbocycles. The quantitative estimate of drug-likeness (QED) is 0.861. The number of aliphatic carboxylic acids is 1. The van der Waals surface area contributed by atoms with E-state index in [4.69, 9.17) is 5.11 Å². The zero-order valence-corrected chi connectivity index (χ0v) is 11.0. The van der Waals surface area contributed by atoms with Gasteiger partial charge in [-0.25, -0.2) is 4.79 Å². The summed E-state index contributed by atoms with van der Waals surface area (Å²) in [4.78, 5) is 23.9. The van der Waals surface area contributed by atoms with E-state index in [1.165, 1.54) is 11.8 Å². The number of nitrogens with one attached hydrogen (secondary N) is 1. The van der Waals surface area contributed by atoms with Crippen molar-refractivity contribution in [2.24, 2.45) is 0 Å². The summed E-state index contributed by atoms with van der Waals surface area (Å²) >= 11 is 0. The van der Waals surface area contributed by atoms with Gasteiger partial charge in [0.1, 0.15) is 6.04 Å². The number of aryl methyl sites for hydroxylation is 2. The summed E-state index contributed by atoms with van der Waals surface area (Å²) in [5, 5.41) is 11.1. The molecule has 0 aliphatic heterocycles. The van der Waals surface area contributed by atoms with Crippen LogP contribution in [0.4, 0.5) is 10.5 Å². The van der Waals surface area contributed by atoms with Crippen molar-refractivity contribution in [3.05, 3.63) is 29.3 Å². The molecule has 0 heterocycles. The summed E-state index contributed by atoms with van der Waals surface area (Å²) in [6, 6.07) is 4.38. The smallest absolute Gasteiger partial charge is 0.325 e. The first kappa shape index (κ1) is 14.0. The van der Waals surface area contributed by atoms with Gasteiger partial charge in [0.25, 0.3) is 0 Å². The van der Waals surface area contributed by atoms with Gasteiger partial charge in [-0.1, -0.05) is 17.7 Å². The molecule has 0 radical (unpaired) electrons. The number of urea groups is 1. The van der Waals surface area contributed by atoms with Crippen molar-refractivity contribution in [2.45, 2.75) is 26.8 Å². The fourth-order valence-corrected chi connectivity index (χ4v) is 1.63.